The molecular formula is C15H21N3O3S2. The van der Waals surface area contributed by atoms with Gasteiger partial charge >= 0.3 is 0 Å². The van der Waals surface area contributed by atoms with Crippen molar-refractivity contribution in [2.45, 2.75) is 38.4 Å². The van der Waals surface area contributed by atoms with Crippen molar-refractivity contribution in [1.82, 2.24) is 9.71 Å². The van der Waals surface area contributed by atoms with Crippen LogP contribution < -0.4 is 10.0 Å². The molecule has 0 unspecified atom stereocenters. The first kappa shape index (κ1) is 17.8. The van der Waals surface area contributed by atoms with Gasteiger partial charge in [0.1, 0.15) is 0 Å². The van der Waals surface area contributed by atoms with Crippen LogP contribution in [0, 0.1) is 0 Å². The van der Waals surface area contributed by atoms with Gasteiger partial charge in [-0.25, -0.2) is 18.1 Å². The molecule has 0 aliphatic rings. The number of benzene rings is 1. The SMILES string of the molecule is CC(C)S(=O)(=O)NCCCCC(=O)Nc1ccc2scnc2c1. The van der Waals surface area contributed by atoms with E-state index in [-0.39, 0.29) is 5.91 Å². The molecule has 0 aliphatic carbocycles. The Hall–Kier alpha value is -1.51. The maximum atomic E-state index is 11.9. The van der Waals surface area contributed by atoms with Crippen molar-refractivity contribution in [3.63, 3.8) is 0 Å². The van der Waals surface area contributed by atoms with Gasteiger partial charge in [0.25, 0.3) is 0 Å². The minimum absolute atomic E-state index is 0.0775. The highest BCUT2D eigenvalue weighted by Crippen LogP contribution is 2.21. The first-order valence-electron chi connectivity index (χ1n) is 7.50. The summed E-state index contributed by atoms with van der Waals surface area (Å²) in [6.07, 6.45) is 1.62. The van der Waals surface area contributed by atoms with E-state index >= 15 is 0 Å². The largest absolute Gasteiger partial charge is 0.326 e. The van der Waals surface area contributed by atoms with E-state index < -0.39 is 15.3 Å². The molecule has 0 bridgehead atoms. The van der Waals surface area contributed by atoms with Crippen LogP contribution in [0.5, 0.6) is 0 Å². The van der Waals surface area contributed by atoms with E-state index in [0.717, 1.165) is 15.9 Å². The molecule has 2 N–H and O–H groups in total. The van der Waals surface area contributed by atoms with Crippen molar-refractivity contribution < 1.29 is 13.2 Å². The third kappa shape index (κ3) is 5.26. The maximum Gasteiger partial charge on any atom is 0.224 e. The van der Waals surface area contributed by atoms with Gasteiger partial charge in [-0.1, -0.05) is 0 Å². The minimum Gasteiger partial charge on any atom is -0.326 e. The van der Waals surface area contributed by atoms with Gasteiger partial charge in [0, 0.05) is 18.7 Å². The number of hydrogen-bond donors (Lipinski definition) is 2. The Morgan fingerprint density at radius 1 is 1.30 bits per heavy atom. The second kappa shape index (κ2) is 7.85. The summed E-state index contributed by atoms with van der Waals surface area (Å²) in [4.78, 5) is 16.1. The summed E-state index contributed by atoms with van der Waals surface area (Å²) in [5.41, 5.74) is 3.37. The summed E-state index contributed by atoms with van der Waals surface area (Å²) >= 11 is 1.56. The number of nitrogens with zero attached hydrogens (tertiary/aromatic N) is 1. The predicted molar refractivity (Wildman–Crippen MR) is 94.2 cm³/mol. The molecule has 0 radical (unpaired) electrons. The number of thiazole rings is 1. The normalized spacial score (nSPS) is 12.0. The zero-order chi connectivity index (χ0) is 16.9. The minimum atomic E-state index is -3.22. The number of unbranched alkanes of at least 4 members (excludes halogenated alkanes) is 1. The standard InChI is InChI=1S/C15H21N3O3S2/c1-11(2)23(20,21)17-8-4-3-5-15(19)18-12-6-7-14-13(9-12)16-10-22-14/h6-7,9-11,17H,3-5,8H2,1-2H3,(H,18,19). The van der Waals surface area contributed by atoms with Crippen LogP contribution in [-0.4, -0.2) is 31.1 Å². The van der Waals surface area contributed by atoms with E-state index in [0.29, 0.717) is 25.8 Å². The fourth-order valence-electron chi connectivity index (χ4n) is 1.95. The van der Waals surface area contributed by atoms with Crippen LogP contribution in [0.1, 0.15) is 33.1 Å². The molecule has 1 heterocycles. The number of aromatic nitrogens is 1. The highest BCUT2D eigenvalue weighted by atomic mass is 32.2. The molecule has 2 aromatic rings. The average Bonchev–Trinajstić information content (AvgIpc) is 2.94. The molecule has 0 saturated carbocycles. The van der Waals surface area contributed by atoms with Gasteiger partial charge in [-0.3, -0.25) is 4.79 Å². The monoisotopic (exact) mass is 355 g/mol. The van der Waals surface area contributed by atoms with Crippen LogP contribution in [0.2, 0.25) is 0 Å². The molecule has 2 rings (SSSR count). The van der Waals surface area contributed by atoms with Crippen LogP contribution in [0.15, 0.2) is 23.7 Å². The number of carbonyl (C=O) groups excluding carboxylic acids is 1. The predicted octanol–water partition coefficient (Wildman–Crippen LogP) is 2.73. The first-order chi connectivity index (χ1) is 10.9. The Bertz CT molecular complexity index is 769. The Morgan fingerprint density at radius 3 is 2.83 bits per heavy atom. The van der Waals surface area contributed by atoms with E-state index in [4.69, 9.17) is 0 Å². The van der Waals surface area contributed by atoms with Gasteiger partial charge in [-0.2, -0.15) is 0 Å². The molecule has 1 amide bonds. The molecule has 1 aromatic heterocycles. The number of carbonyl (C=O) groups is 1. The molecule has 23 heavy (non-hydrogen) atoms. The zero-order valence-corrected chi connectivity index (χ0v) is 14.8. The van der Waals surface area contributed by atoms with Crippen LogP contribution in [0.25, 0.3) is 10.2 Å². The smallest absolute Gasteiger partial charge is 0.224 e. The number of anilines is 1. The zero-order valence-electron chi connectivity index (χ0n) is 13.2. The van der Waals surface area contributed by atoms with E-state index in [1.165, 1.54) is 0 Å². The van der Waals surface area contributed by atoms with E-state index in [1.54, 1.807) is 30.7 Å². The lowest BCUT2D eigenvalue weighted by Crippen LogP contribution is -2.31. The number of hydrogen-bond acceptors (Lipinski definition) is 5. The summed E-state index contributed by atoms with van der Waals surface area (Å²) in [7, 11) is -3.22. The lowest BCUT2D eigenvalue weighted by molar-refractivity contribution is -0.116. The fraction of sp³-hybridized carbons (Fsp3) is 0.467. The Morgan fingerprint density at radius 2 is 2.09 bits per heavy atom. The van der Waals surface area contributed by atoms with E-state index in [1.807, 2.05) is 18.2 Å². The van der Waals surface area contributed by atoms with Crippen molar-refractivity contribution in [1.29, 1.82) is 0 Å². The van der Waals surface area contributed by atoms with Crippen molar-refractivity contribution in [2.24, 2.45) is 0 Å². The molecule has 0 aliphatic heterocycles. The quantitative estimate of drug-likeness (QED) is 0.713. The van der Waals surface area contributed by atoms with Gasteiger partial charge in [-0.05, 0) is 44.9 Å². The number of amides is 1. The maximum absolute atomic E-state index is 11.9. The number of rotatable bonds is 8. The molecule has 126 valence electrons. The average molecular weight is 355 g/mol. The van der Waals surface area contributed by atoms with Crippen LogP contribution >= 0.6 is 11.3 Å². The second-order valence-corrected chi connectivity index (χ2v) is 8.74. The van der Waals surface area contributed by atoms with Gasteiger partial charge in [0.15, 0.2) is 0 Å². The molecule has 0 spiro atoms. The van der Waals surface area contributed by atoms with E-state index in [2.05, 4.69) is 15.0 Å². The van der Waals surface area contributed by atoms with Crippen LogP contribution in [0.3, 0.4) is 0 Å². The van der Waals surface area contributed by atoms with Gasteiger partial charge in [0.05, 0.1) is 21.0 Å². The molecule has 8 heteroatoms. The van der Waals surface area contributed by atoms with Crippen molar-refractivity contribution in [2.75, 3.05) is 11.9 Å². The third-order valence-electron chi connectivity index (χ3n) is 3.37. The highest BCUT2D eigenvalue weighted by Gasteiger charge is 2.14. The summed E-state index contributed by atoms with van der Waals surface area (Å²) in [6.45, 7) is 3.63. The molecule has 0 atom stereocenters. The Balaban J connectivity index is 1.71. The summed E-state index contributed by atoms with van der Waals surface area (Å²) in [6, 6.07) is 5.64. The van der Waals surface area contributed by atoms with Gasteiger partial charge in [0.2, 0.25) is 15.9 Å². The molecular weight excluding hydrogens is 334 g/mol. The number of sulfonamides is 1. The lowest BCUT2D eigenvalue weighted by Gasteiger charge is -2.09. The number of nitrogens with one attached hydrogen (secondary N) is 2. The Kier molecular flexibility index (Phi) is 6.09. The van der Waals surface area contributed by atoms with E-state index in [9.17, 15) is 13.2 Å². The summed E-state index contributed by atoms with van der Waals surface area (Å²) in [5.74, 6) is -0.0775. The Labute approximate surface area is 140 Å². The number of fused-ring (bicyclic) bond motifs is 1. The van der Waals surface area contributed by atoms with Crippen molar-refractivity contribution in [3.8, 4) is 0 Å². The fourth-order valence-corrected chi connectivity index (χ4v) is 3.37. The van der Waals surface area contributed by atoms with Crippen LogP contribution in [-0.2, 0) is 14.8 Å². The first-order valence-corrected chi connectivity index (χ1v) is 9.92. The van der Waals surface area contributed by atoms with Crippen molar-refractivity contribution >= 4 is 43.2 Å². The third-order valence-corrected chi connectivity index (χ3v) is 6.03. The lowest BCUT2D eigenvalue weighted by atomic mass is 10.2. The van der Waals surface area contributed by atoms with Crippen molar-refractivity contribution in [3.05, 3.63) is 23.7 Å². The summed E-state index contributed by atoms with van der Waals surface area (Å²) in [5, 5.41) is 2.40. The highest BCUT2D eigenvalue weighted by molar-refractivity contribution is 7.90. The van der Waals surface area contributed by atoms with Crippen LogP contribution in [0.4, 0.5) is 5.69 Å². The molecule has 0 saturated heterocycles. The van der Waals surface area contributed by atoms with Gasteiger partial charge < -0.3 is 5.32 Å². The second-order valence-electron chi connectivity index (χ2n) is 5.53. The summed E-state index contributed by atoms with van der Waals surface area (Å²) < 4.78 is 26.7. The molecule has 6 nitrogen and oxygen atoms in total. The van der Waals surface area contributed by atoms with Gasteiger partial charge in [-0.15, -0.1) is 11.3 Å². The topological polar surface area (TPSA) is 88.2 Å². The molecule has 1 aromatic carbocycles. The molecule has 0 fully saturated rings.